The summed E-state index contributed by atoms with van der Waals surface area (Å²) in [6.45, 7) is 1.34. The quantitative estimate of drug-likeness (QED) is 0.393. The highest BCUT2D eigenvalue weighted by Gasteiger charge is 2.32. The van der Waals surface area contributed by atoms with Crippen LogP contribution in [0, 0.1) is 0 Å². The Balaban J connectivity index is 1.27. The Bertz CT molecular complexity index is 1190. The number of nitrogens with one attached hydrogen (secondary N) is 1. The van der Waals surface area contributed by atoms with Crippen molar-refractivity contribution < 1.29 is 19.0 Å². The predicted molar refractivity (Wildman–Crippen MR) is 142 cm³/mol. The summed E-state index contributed by atoms with van der Waals surface area (Å²) in [6.07, 6.45) is 5.35. The van der Waals surface area contributed by atoms with Gasteiger partial charge in [0.05, 0.1) is 20.3 Å². The van der Waals surface area contributed by atoms with Crippen molar-refractivity contribution in [3.8, 4) is 17.2 Å². The molecule has 1 amide bonds. The molecule has 188 valence electrons. The third-order valence-electron chi connectivity index (χ3n) is 7.19. The zero-order valence-corrected chi connectivity index (χ0v) is 21.0. The number of hydrogen-bond acceptors (Lipinski definition) is 5. The third kappa shape index (κ3) is 5.43. The van der Waals surface area contributed by atoms with E-state index in [1.54, 1.807) is 14.2 Å². The Kier molecular flexibility index (Phi) is 7.31. The number of carbonyl (C=O) groups excluding carboxylic acids is 1. The van der Waals surface area contributed by atoms with Crippen LogP contribution in [0.15, 0.2) is 66.7 Å². The van der Waals surface area contributed by atoms with Crippen molar-refractivity contribution >= 4 is 17.3 Å². The molecular formula is C30H34N2O4. The minimum absolute atomic E-state index is 0.116. The summed E-state index contributed by atoms with van der Waals surface area (Å²) in [5, 5.41) is 3.47. The first-order valence-corrected chi connectivity index (χ1v) is 12.7. The van der Waals surface area contributed by atoms with E-state index in [0.29, 0.717) is 19.5 Å². The van der Waals surface area contributed by atoms with Crippen LogP contribution in [0.4, 0.5) is 11.4 Å². The molecule has 0 radical (unpaired) electrons. The van der Waals surface area contributed by atoms with Crippen LogP contribution in [-0.2, 0) is 11.3 Å². The lowest BCUT2D eigenvalue weighted by Gasteiger charge is -2.20. The van der Waals surface area contributed by atoms with Gasteiger partial charge in [0.25, 0.3) is 0 Å². The normalized spacial score (nSPS) is 17.9. The summed E-state index contributed by atoms with van der Waals surface area (Å²) in [7, 11) is 3.34. The van der Waals surface area contributed by atoms with Crippen molar-refractivity contribution in [1.29, 1.82) is 0 Å². The molecule has 6 heteroatoms. The molecule has 1 saturated heterocycles. The maximum atomic E-state index is 13.0. The molecule has 0 aromatic heterocycles. The first-order chi connectivity index (χ1) is 17.6. The Labute approximate surface area is 213 Å². The van der Waals surface area contributed by atoms with Gasteiger partial charge < -0.3 is 24.4 Å². The molecule has 36 heavy (non-hydrogen) atoms. The number of ether oxygens (including phenoxy) is 3. The van der Waals surface area contributed by atoms with E-state index in [2.05, 4.69) is 17.4 Å². The molecule has 1 aliphatic heterocycles. The summed E-state index contributed by atoms with van der Waals surface area (Å²) in [6, 6.07) is 22.2. The van der Waals surface area contributed by atoms with Crippen molar-refractivity contribution in [2.24, 2.45) is 0 Å². The lowest BCUT2D eigenvalue weighted by atomic mass is 9.98. The second-order valence-corrected chi connectivity index (χ2v) is 9.59. The number of nitrogens with zero attached hydrogens (tertiary/aromatic N) is 1. The van der Waals surface area contributed by atoms with E-state index >= 15 is 0 Å². The fourth-order valence-electron chi connectivity index (χ4n) is 5.14. The van der Waals surface area contributed by atoms with Gasteiger partial charge in [-0.3, -0.25) is 4.79 Å². The van der Waals surface area contributed by atoms with E-state index in [9.17, 15) is 4.79 Å². The van der Waals surface area contributed by atoms with Gasteiger partial charge in [-0.05, 0) is 79.3 Å². The topological polar surface area (TPSA) is 60.0 Å². The monoisotopic (exact) mass is 486 g/mol. The highest BCUT2D eigenvalue weighted by Crippen LogP contribution is 2.38. The van der Waals surface area contributed by atoms with Crippen molar-refractivity contribution in [3.63, 3.8) is 0 Å². The zero-order chi connectivity index (χ0) is 24.9. The number of hydrogen-bond donors (Lipinski definition) is 1. The molecule has 0 bridgehead atoms. The van der Waals surface area contributed by atoms with Crippen LogP contribution in [0.5, 0.6) is 17.2 Å². The fraction of sp³-hybridized carbons (Fsp3) is 0.367. The molecule has 1 N–H and O–H groups in total. The van der Waals surface area contributed by atoms with Gasteiger partial charge in [-0.2, -0.15) is 0 Å². The Morgan fingerprint density at radius 1 is 0.917 bits per heavy atom. The largest absolute Gasteiger partial charge is 0.497 e. The van der Waals surface area contributed by atoms with E-state index < -0.39 is 0 Å². The molecule has 2 aliphatic rings. The highest BCUT2D eigenvalue weighted by molar-refractivity contribution is 5.97. The van der Waals surface area contributed by atoms with Gasteiger partial charge >= 0.3 is 0 Å². The summed E-state index contributed by atoms with van der Waals surface area (Å²) in [4.78, 5) is 14.9. The molecule has 6 nitrogen and oxygen atoms in total. The molecule has 1 heterocycles. The number of rotatable bonds is 9. The van der Waals surface area contributed by atoms with Crippen LogP contribution in [-0.4, -0.2) is 32.8 Å². The lowest BCUT2D eigenvalue weighted by Crippen LogP contribution is -2.24. The van der Waals surface area contributed by atoms with Crippen LogP contribution >= 0.6 is 0 Å². The van der Waals surface area contributed by atoms with Crippen molar-refractivity contribution in [1.82, 2.24) is 0 Å². The van der Waals surface area contributed by atoms with Crippen LogP contribution in [0.25, 0.3) is 0 Å². The standard InChI is InChI=1S/C30H34N2O4/c1-34-26-13-10-21(11-14-26)19-31-24-6-5-7-25(18-24)32-20-23(17-30(32)33)22-12-15-28(35-2)29(16-22)36-27-8-3-4-9-27/h5-7,10-16,18,23,27,31H,3-4,8-9,17,19-20H2,1-2H3. The van der Waals surface area contributed by atoms with Gasteiger partial charge in [-0.25, -0.2) is 0 Å². The van der Waals surface area contributed by atoms with Gasteiger partial charge in [0.15, 0.2) is 11.5 Å². The fourth-order valence-corrected chi connectivity index (χ4v) is 5.14. The summed E-state index contributed by atoms with van der Waals surface area (Å²) in [5.74, 6) is 2.64. The smallest absolute Gasteiger partial charge is 0.227 e. The molecule has 2 fully saturated rings. The Morgan fingerprint density at radius 3 is 2.47 bits per heavy atom. The number of carbonyl (C=O) groups is 1. The molecular weight excluding hydrogens is 452 g/mol. The van der Waals surface area contributed by atoms with Gasteiger partial charge in [0.1, 0.15) is 5.75 Å². The summed E-state index contributed by atoms with van der Waals surface area (Å²) < 4.78 is 17.1. The van der Waals surface area contributed by atoms with Crippen LogP contribution < -0.4 is 24.4 Å². The maximum absolute atomic E-state index is 13.0. The van der Waals surface area contributed by atoms with E-state index in [1.165, 1.54) is 12.8 Å². The molecule has 1 unspecified atom stereocenters. The van der Waals surface area contributed by atoms with Gasteiger partial charge in [-0.15, -0.1) is 0 Å². The Morgan fingerprint density at radius 2 is 1.72 bits per heavy atom. The van der Waals surface area contributed by atoms with Crippen LogP contribution in [0.1, 0.15) is 49.1 Å². The second kappa shape index (κ2) is 10.9. The van der Waals surface area contributed by atoms with Crippen LogP contribution in [0.3, 0.4) is 0 Å². The van der Waals surface area contributed by atoms with Gasteiger partial charge in [0, 0.05) is 36.8 Å². The van der Waals surface area contributed by atoms with E-state index in [4.69, 9.17) is 14.2 Å². The average Bonchev–Trinajstić information content (AvgIpc) is 3.57. The molecule has 1 saturated carbocycles. The first kappa shape index (κ1) is 24.0. The first-order valence-electron chi connectivity index (χ1n) is 12.7. The summed E-state index contributed by atoms with van der Waals surface area (Å²) >= 11 is 0. The van der Waals surface area contributed by atoms with Crippen molar-refractivity contribution in [3.05, 3.63) is 77.9 Å². The zero-order valence-electron chi connectivity index (χ0n) is 21.0. The second-order valence-electron chi connectivity index (χ2n) is 9.59. The molecule has 0 spiro atoms. The minimum atomic E-state index is 0.116. The number of amides is 1. The Hall–Kier alpha value is -3.67. The van der Waals surface area contributed by atoms with Crippen LogP contribution in [0.2, 0.25) is 0 Å². The third-order valence-corrected chi connectivity index (χ3v) is 7.19. The van der Waals surface area contributed by atoms with E-state index in [1.807, 2.05) is 59.5 Å². The van der Waals surface area contributed by atoms with E-state index in [-0.39, 0.29) is 17.9 Å². The molecule has 1 atom stereocenters. The number of anilines is 2. The minimum Gasteiger partial charge on any atom is -0.497 e. The maximum Gasteiger partial charge on any atom is 0.227 e. The highest BCUT2D eigenvalue weighted by atomic mass is 16.5. The number of benzene rings is 3. The SMILES string of the molecule is COc1ccc(CNc2cccc(N3CC(c4ccc(OC)c(OC5CCCC5)c4)CC3=O)c2)cc1. The molecule has 5 rings (SSSR count). The van der Waals surface area contributed by atoms with Gasteiger partial charge in [0.2, 0.25) is 5.91 Å². The van der Waals surface area contributed by atoms with Crippen molar-refractivity contribution in [2.45, 2.75) is 50.7 Å². The lowest BCUT2D eigenvalue weighted by molar-refractivity contribution is -0.117. The van der Waals surface area contributed by atoms with Crippen molar-refractivity contribution in [2.75, 3.05) is 31.0 Å². The summed E-state index contributed by atoms with van der Waals surface area (Å²) in [5.41, 5.74) is 4.18. The number of methoxy groups -OCH3 is 2. The molecule has 1 aliphatic carbocycles. The van der Waals surface area contributed by atoms with E-state index in [0.717, 1.165) is 52.6 Å². The molecule has 3 aromatic carbocycles. The average molecular weight is 487 g/mol. The molecule has 3 aromatic rings. The predicted octanol–water partition coefficient (Wildman–Crippen LogP) is 6.16. The van der Waals surface area contributed by atoms with Gasteiger partial charge in [-0.1, -0.05) is 24.3 Å².